The minimum atomic E-state index is -0.356. The number of aromatic amines is 1. The Kier molecular flexibility index (Phi) is 5.15. The maximum Gasteiger partial charge on any atom is 0.410 e. The Hall–Kier alpha value is -2.34. The summed E-state index contributed by atoms with van der Waals surface area (Å²) >= 11 is 0. The zero-order valence-electron chi connectivity index (χ0n) is 16.7. The second kappa shape index (κ2) is 7.59. The molecule has 3 heterocycles. The van der Waals surface area contributed by atoms with Gasteiger partial charge in [0.15, 0.2) is 0 Å². The van der Waals surface area contributed by atoms with Gasteiger partial charge in [0.2, 0.25) is 0 Å². The van der Waals surface area contributed by atoms with Crippen molar-refractivity contribution in [2.75, 3.05) is 19.6 Å². The molecule has 6 nitrogen and oxygen atoms in total. The highest BCUT2D eigenvalue weighted by atomic mass is 16.6. The van der Waals surface area contributed by atoms with E-state index < -0.39 is 0 Å². The number of likely N-dealkylation sites (tertiary alicyclic amines) is 1. The lowest BCUT2D eigenvalue weighted by atomic mass is 9.90. The Balaban J connectivity index is 1.40. The first-order valence-electron chi connectivity index (χ1n) is 10.3. The van der Waals surface area contributed by atoms with Gasteiger partial charge in [-0.25, -0.2) is 4.79 Å². The second-order valence-corrected chi connectivity index (χ2v) is 8.30. The number of H-pyrrole nitrogens is 1. The minimum Gasteiger partial charge on any atom is -0.441 e. The number of piperidine rings is 1. The van der Waals surface area contributed by atoms with Crippen LogP contribution in [0.15, 0.2) is 35.1 Å². The summed E-state index contributed by atoms with van der Waals surface area (Å²) in [7, 11) is 0. The van der Waals surface area contributed by atoms with E-state index in [-0.39, 0.29) is 23.3 Å². The van der Waals surface area contributed by atoms with Crippen molar-refractivity contribution in [3.05, 3.63) is 46.2 Å². The minimum absolute atomic E-state index is 0.0224. The van der Waals surface area contributed by atoms with Gasteiger partial charge in [-0.2, -0.15) is 0 Å². The van der Waals surface area contributed by atoms with Crippen LogP contribution >= 0.6 is 0 Å². The van der Waals surface area contributed by atoms with Gasteiger partial charge in [-0.3, -0.25) is 9.69 Å². The van der Waals surface area contributed by atoms with E-state index >= 15 is 0 Å². The quantitative estimate of drug-likeness (QED) is 0.858. The van der Waals surface area contributed by atoms with Gasteiger partial charge < -0.3 is 14.6 Å². The number of pyridine rings is 1. The third kappa shape index (κ3) is 3.65. The molecule has 2 fully saturated rings. The summed E-state index contributed by atoms with van der Waals surface area (Å²) in [6, 6.07) is 10.1. The van der Waals surface area contributed by atoms with Crippen LogP contribution in [0.1, 0.15) is 45.1 Å². The van der Waals surface area contributed by atoms with E-state index in [0.717, 1.165) is 55.2 Å². The predicted molar refractivity (Wildman–Crippen MR) is 109 cm³/mol. The number of carbonyl (C=O) groups is 1. The number of amides is 1. The molecule has 2 aromatic rings. The molecule has 150 valence electrons. The Bertz CT molecular complexity index is 915. The van der Waals surface area contributed by atoms with E-state index in [1.165, 1.54) is 0 Å². The van der Waals surface area contributed by atoms with Gasteiger partial charge in [0, 0.05) is 49.6 Å². The summed E-state index contributed by atoms with van der Waals surface area (Å²) in [6.07, 6.45) is 3.54. The molecule has 1 aromatic carbocycles. The molecule has 2 aliphatic rings. The number of ether oxygens (including phenoxy) is 1. The Morgan fingerprint density at radius 2 is 1.96 bits per heavy atom. The van der Waals surface area contributed by atoms with Crippen molar-refractivity contribution in [3.8, 4) is 0 Å². The molecule has 0 radical (unpaired) electrons. The van der Waals surface area contributed by atoms with Crippen molar-refractivity contribution >= 4 is 17.0 Å². The molecule has 0 bridgehead atoms. The zero-order valence-corrected chi connectivity index (χ0v) is 16.7. The highest BCUT2D eigenvalue weighted by Crippen LogP contribution is 2.35. The highest BCUT2D eigenvalue weighted by Gasteiger charge is 2.47. The molecule has 6 heteroatoms. The first-order valence-corrected chi connectivity index (χ1v) is 10.3. The van der Waals surface area contributed by atoms with Crippen molar-refractivity contribution in [3.63, 3.8) is 0 Å². The average Bonchev–Trinajstić information content (AvgIpc) is 3.00. The number of para-hydroxylation sites is 1. The molecule has 0 saturated carbocycles. The fraction of sp³-hybridized carbons (Fsp3) is 0.545. The largest absolute Gasteiger partial charge is 0.441 e. The van der Waals surface area contributed by atoms with Gasteiger partial charge in [0.05, 0.1) is 6.54 Å². The van der Waals surface area contributed by atoms with Gasteiger partial charge in [0.25, 0.3) is 5.56 Å². The van der Waals surface area contributed by atoms with Crippen LogP contribution < -0.4 is 5.56 Å². The third-order valence-corrected chi connectivity index (χ3v) is 6.23. The number of hydrogen-bond acceptors (Lipinski definition) is 4. The lowest BCUT2D eigenvalue weighted by Gasteiger charge is -2.37. The summed E-state index contributed by atoms with van der Waals surface area (Å²) in [4.78, 5) is 31.9. The number of hydrogen-bond donors (Lipinski definition) is 1. The maximum absolute atomic E-state index is 12.4. The summed E-state index contributed by atoms with van der Waals surface area (Å²) in [5.74, 6) is 0. The lowest BCUT2D eigenvalue weighted by Crippen LogP contribution is -2.47. The second-order valence-electron chi connectivity index (χ2n) is 8.30. The predicted octanol–water partition coefficient (Wildman–Crippen LogP) is 3.50. The number of nitrogens with zero attached hydrogens (tertiary/aromatic N) is 2. The summed E-state index contributed by atoms with van der Waals surface area (Å²) in [6.45, 7) is 7.22. The highest BCUT2D eigenvalue weighted by molar-refractivity contribution is 5.78. The van der Waals surface area contributed by atoms with Crippen molar-refractivity contribution in [2.24, 2.45) is 0 Å². The monoisotopic (exact) mass is 383 g/mol. The van der Waals surface area contributed by atoms with Crippen LogP contribution in [0.3, 0.4) is 0 Å². The van der Waals surface area contributed by atoms with E-state index in [4.69, 9.17) is 4.74 Å². The fourth-order valence-electron chi connectivity index (χ4n) is 4.49. The lowest BCUT2D eigenvalue weighted by molar-refractivity contribution is -0.00139. The van der Waals surface area contributed by atoms with E-state index in [0.29, 0.717) is 13.1 Å². The van der Waals surface area contributed by atoms with Crippen molar-refractivity contribution in [1.82, 2.24) is 14.8 Å². The Morgan fingerprint density at radius 1 is 1.21 bits per heavy atom. The van der Waals surface area contributed by atoms with Crippen LogP contribution in [0, 0.1) is 0 Å². The van der Waals surface area contributed by atoms with Crippen molar-refractivity contribution < 1.29 is 9.53 Å². The molecular weight excluding hydrogens is 354 g/mol. The topological polar surface area (TPSA) is 65.6 Å². The zero-order chi connectivity index (χ0) is 19.7. The molecule has 0 unspecified atom stereocenters. The first kappa shape index (κ1) is 19.0. The van der Waals surface area contributed by atoms with Crippen molar-refractivity contribution in [2.45, 2.75) is 57.7 Å². The molecule has 1 spiro atoms. The fourth-order valence-corrected chi connectivity index (χ4v) is 4.49. The first-order chi connectivity index (χ1) is 13.5. The van der Waals surface area contributed by atoms with Crippen LogP contribution in [0.25, 0.3) is 10.9 Å². The third-order valence-electron chi connectivity index (χ3n) is 6.23. The normalized spacial score (nSPS) is 20.6. The van der Waals surface area contributed by atoms with E-state index in [1.807, 2.05) is 35.2 Å². The average molecular weight is 383 g/mol. The van der Waals surface area contributed by atoms with Gasteiger partial charge in [-0.1, -0.05) is 31.5 Å². The van der Waals surface area contributed by atoms with E-state index in [1.54, 1.807) is 0 Å². The molecule has 2 saturated heterocycles. The van der Waals surface area contributed by atoms with E-state index in [9.17, 15) is 9.59 Å². The number of carbonyl (C=O) groups excluding carboxylic acids is 1. The van der Waals surface area contributed by atoms with E-state index in [2.05, 4.69) is 23.7 Å². The molecule has 0 aliphatic carbocycles. The molecule has 1 atom stereocenters. The van der Waals surface area contributed by atoms with Crippen LogP contribution in [-0.2, 0) is 11.3 Å². The molecule has 1 amide bonds. The molecule has 1 N–H and O–H groups in total. The van der Waals surface area contributed by atoms with Crippen LogP contribution in [0.2, 0.25) is 0 Å². The van der Waals surface area contributed by atoms with Crippen LogP contribution in [0.5, 0.6) is 0 Å². The van der Waals surface area contributed by atoms with Gasteiger partial charge >= 0.3 is 6.09 Å². The molecule has 1 aromatic heterocycles. The standard InChI is InChI=1S/C22H29N3O3/c1-3-6-16(2)25-15-22(28-21(25)27)9-11-24(12-10-22)14-18-13-17-7-4-5-8-19(17)23-20(18)26/h4-5,7-8,13,16H,3,6,9-12,14-15H2,1-2H3,(H,23,26)/t16-/m0/s1. The Labute approximate surface area is 165 Å². The molecule has 28 heavy (non-hydrogen) atoms. The van der Waals surface area contributed by atoms with Crippen LogP contribution in [-0.4, -0.2) is 52.2 Å². The van der Waals surface area contributed by atoms with Gasteiger partial charge in [-0.15, -0.1) is 0 Å². The summed E-state index contributed by atoms with van der Waals surface area (Å²) < 4.78 is 5.84. The number of benzene rings is 1. The van der Waals surface area contributed by atoms with Crippen LogP contribution in [0.4, 0.5) is 4.79 Å². The number of nitrogens with one attached hydrogen (secondary N) is 1. The smallest absolute Gasteiger partial charge is 0.410 e. The molecular formula is C22H29N3O3. The molecule has 2 aliphatic heterocycles. The number of rotatable bonds is 5. The molecule has 4 rings (SSSR count). The van der Waals surface area contributed by atoms with Crippen molar-refractivity contribution in [1.29, 1.82) is 0 Å². The summed E-state index contributed by atoms with van der Waals surface area (Å²) in [5, 5.41) is 1.05. The SMILES string of the molecule is CCC[C@H](C)N1CC2(CCN(Cc3cc4ccccc4[nH]c3=O)CC2)OC1=O. The number of aromatic nitrogens is 1. The Morgan fingerprint density at radius 3 is 2.71 bits per heavy atom. The van der Waals surface area contributed by atoms with Gasteiger partial charge in [0.1, 0.15) is 5.60 Å². The maximum atomic E-state index is 12.4. The summed E-state index contributed by atoms with van der Waals surface area (Å²) in [5.41, 5.74) is 1.28. The number of fused-ring (bicyclic) bond motifs is 1. The van der Waals surface area contributed by atoms with Gasteiger partial charge in [-0.05, 0) is 30.9 Å².